The monoisotopic (exact) mass is 279 g/mol. The van der Waals surface area contributed by atoms with E-state index in [1.54, 1.807) is 20.8 Å². The zero-order valence-corrected chi connectivity index (χ0v) is 12.1. The summed E-state index contributed by atoms with van der Waals surface area (Å²) in [5.41, 5.74) is 0.405. The molecule has 0 fully saturated rings. The lowest BCUT2D eigenvalue weighted by Crippen LogP contribution is -2.38. The summed E-state index contributed by atoms with van der Waals surface area (Å²) >= 11 is 0. The van der Waals surface area contributed by atoms with Crippen LogP contribution < -0.4 is 5.32 Å². The molecule has 1 aromatic carbocycles. The van der Waals surface area contributed by atoms with E-state index >= 15 is 0 Å². The minimum Gasteiger partial charge on any atom is -0.444 e. The maximum atomic E-state index is 11.4. The Balaban J connectivity index is 2.33. The molecule has 1 N–H and O–H groups in total. The van der Waals surface area contributed by atoms with Crippen LogP contribution in [0.4, 0.5) is 4.79 Å². The summed E-state index contributed by atoms with van der Waals surface area (Å²) < 4.78 is 10.5. The van der Waals surface area contributed by atoms with E-state index in [0.717, 1.165) is 5.56 Å². The Bertz CT molecular complexity index is 425. The second-order valence-electron chi connectivity index (χ2n) is 5.35. The number of carbonyl (C=O) groups excluding carboxylic acids is 2. The number of amides is 1. The molecule has 0 heterocycles. The fraction of sp³-hybridized carbons (Fsp3) is 0.467. The lowest BCUT2D eigenvalue weighted by Gasteiger charge is -2.20. The van der Waals surface area contributed by atoms with Crippen molar-refractivity contribution in [1.29, 1.82) is 0 Å². The van der Waals surface area contributed by atoms with Crippen LogP contribution in [0.1, 0.15) is 26.3 Å². The van der Waals surface area contributed by atoms with Gasteiger partial charge in [-0.3, -0.25) is 0 Å². The highest BCUT2D eigenvalue weighted by Crippen LogP contribution is 2.06. The van der Waals surface area contributed by atoms with E-state index in [1.807, 2.05) is 30.3 Å². The first-order valence-electron chi connectivity index (χ1n) is 6.48. The third-order valence-corrected chi connectivity index (χ3v) is 2.31. The van der Waals surface area contributed by atoms with Crippen molar-refractivity contribution in [3.05, 3.63) is 35.9 Å². The van der Waals surface area contributed by atoms with Crippen molar-refractivity contribution >= 4 is 12.4 Å². The smallest absolute Gasteiger partial charge is 0.407 e. The molecule has 5 nitrogen and oxygen atoms in total. The highest BCUT2D eigenvalue weighted by atomic mass is 16.6. The topological polar surface area (TPSA) is 64.6 Å². The first kappa shape index (κ1) is 16.2. The van der Waals surface area contributed by atoms with Crippen molar-refractivity contribution < 1.29 is 19.1 Å². The molecule has 0 saturated carbocycles. The summed E-state index contributed by atoms with van der Waals surface area (Å²) in [4.78, 5) is 22.4. The maximum Gasteiger partial charge on any atom is 0.407 e. The summed E-state index contributed by atoms with van der Waals surface area (Å²) in [6.07, 6.45) is -0.587. The van der Waals surface area contributed by atoms with E-state index < -0.39 is 17.8 Å². The number of ether oxygens (including phenoxy) is 2. The van der Waals surface area contributed by atoms with Gasteiger partial charge in [0, 0.05) is 0 Å². The van der Waals surface area contributed by atoms with Crippen molar-refractivity contribution in [2.45, 2.75) is 39.1 Å². The van der Waals surface area contributed by atoms with E-state index in [0.29, 0.717) is 12.9 Å². The van der Waals surface area contributed by atoms with Gasteiger partial charge >= 0.3 is 6.09 Å². The van der Waals surface area contributed by atoms with Crippen molar-refractivity contribution in [2.75, 3.05) is 6.54 Å². The minimum absolute atomic E-state index is 0.0885. The average Bonchev–Trinajstić information content (AvgIpc) is 2.38. The number of benzene rings is 1. The van der Waals surface area contributed by atoms with Gasteiger partial charge in [0.25, 0.3) is 0 Å². The molecular weight excluding hydrogens is 258 g/mol. The second kappa shape index (κ2) is 7.65. The third kappa shape index (κ3) is 6.89. The van der Waals surface area contributed by atoms with Crippen LogP contribution >= 0.6 is 0 Å². The van der Waals surface area contributed by atoms with Crippen LogP contribution in [-0.2, 0) is 20.9 Å². The SMILES string of the molecule is CC(C)(C)OC(=O)NCC(C=O)OCc1ccccc1. The predicted octanol–water partition coefficient (Wildman–Crippen LogP) is 2.30. The standard InChI is InChI=1S/C15H21NO4/c1-15(2,3)20-14(18)16-9-13(10-17)19-11-12-7-5-4-6-8-12/h4-8,10,13H,9,11H2,1-3H3,(H,16,18). The number of alkyl carbamates (subject to hydrolysis) is 1. The fourth-order valence-corrected chi connectivity index (χ4v) is 1.42. The van der Waals surface area contributed by atoms with Crippen LogP contribution in [0.3, 0.4) is 0 Å². The molecule has 1 rings (SSSR count). The molecule has 0 aromatic heterocycles. The Morgan fingerprint density at radius 3 is 2.50 bits per heavy atom. The van der Waals surface area contributed by atoms with E-state index in [9.17, 15) is 9.59 Å². The van der Waals surface area contributed by atoms with Crippen LogP contribution in [0.15, 0.2) is 30.3 Å². The summed E-state index contributed by atoms with van der Waals surface area (Å²) in [7, 11) is 0. The molecule has 0 radical (unpaired) electrons. The van der Waals surface area contributed by atoms with Gasteiger partial charge in [-0.05, 0) is 26.3 Å². The van der Waals surface area contributed by atoms with Gasteiger partial charge in [0.1, 0.15) is 11.7 Å². The summed E-state index contributed by atoms with van der Waals surface area (Å²) in [6.45, 7) is 5.73. The first-order chi connectivity index (χ1) is 9.40. The predicted molar refractivity (Wildman–Crippen MR) is 75.3 cm³/mol. The largest absolute Gasteiger partial charge is 0.444 e. The number of hydrogen-bond donors (Lipinski definition) is 1. The zero-order chi connectivity index (χ0) is 15.0. The molecule has 110 valence electrons. The van der Waals surface area contributed by atoms with Gasteiger partial charge < -0.3 is 19.6 Å². The molecule has 0 aliphatic carbocycles. The quantitative estimate of drug-likeness (QED) is 0.811. The molecule has 20 heavy (non-hydrogen) atoms. The molecule has 5 heteroatoms. The normalized spacial score (nSPS) is 12.6. The third-order valence-electron chi connectivity index (χ3n) is 2.31. The average molecular weight is 279 g/mol. The highest BCUT2D eigenvalue weighted by Gasteiger charge is 2.17. The van der Waals surface area contributed by atoms with Crippen molar-refractivity contribution in [1.82, 2.24) is 5.32 Å². The number of hydrogen-bond acceptors (Lipinski definition) is 4. The molecule has 0 aliphatic rings. The molecule has 1 atom stereocenters. The molecule has 1 amide bonds. The van der Waals surface area contributed by atoms with E-state index in [2.05, 4.69) is 5.32 Å². The Kier molecular flexibility index (Phi) is 6.18. The van der Waals surface area contributed by atoms with Crippen LogP contribution in [0.2, 0.25) is 0 Å². The number of carbonyl (C=O) groups is 2. The van der Waals surface area contributed by atoms with Crippen LogP contribution in [0.5, 0.6) is 0 Å². The lowest BCUT2D eigenvalue weighted by atomic mass is 10.2. The van der Waals surface area contributed by atoms with Crippen molar-refractivity contribution in [3.63, 3.8) is 0 Å². The summed E-state index contributed by atoms with van der Waals surface area (Å²) in [5.74, 6) is 0. The number of nitrogens with one attached hydrogen (secondary N) is 1. The molecule has 0 spiro atoms. The Morgan fingerprint density at radius 2 is 1.95 bits per heavy atom. The molecule has 1 unspecified atom stereocenters. The number of rotatable bonds is 6. The molecule has 1 aromatic rings. The van der Waals surface area contributed by atoms with Gasteiger partial charge in [0.05, 0.1) is 13.2 Å². The Hall–Kier alpha value is -1.88. The highest BCUT2D eigenvalue weighted by molar-refractivity contribution is 5.68. The van der Waals surface area contributed by atoms with E-state index in [4.69, 9.17) is 9.47 Å². The molecule has 0 saturated heterocycles. The first-order valence-corrected chi connectivity index (χ1v) is 6.48. The Morgan fingerprint density at radius 1 is 1.30 bits per heavy atom. The van der Waals surface area contributed by atoms with Gasteiger partial charge in [-0.25, -0.2) is 4.79 Å². The van der Waals surface area contributed by atoms with Gasteiger partial charge in [-0.1, -0.05) is 30.3 Å². The van der Waals surface area contributed by atoms with Crippen LogP contribution in [0.25, 0.3) is 0 Å². The maximum absolute atomic E-state index is 11.4. The molecule has 0 aliphatic heterocycles. The minimum atomic E-state index is -0.692. The van der Waals surface area contributed by atoms with E-state index in [-0.39, 0.29) is 6.54 Å². The van der Waals surface area contributed by atoms with Crippen molar-refractivity contribution in [2.24, 2.45) is 0 Å². The molecular formula is C15H21NO4. The van der Waals surface area contributed by atoms with Gasteiger partial charge in [-0.2, -0.15) is 0 Å². The Labute approximate surface area is 119 Å². The van der Waals surface area contributed by atoms with Gasteiger partial charge in [-0.15, -0.1) is 0 Å². The van der Waals surface area contributed by atoms with Crippen molar-refractivity contribution in [3.8, 4) is 0 Å². The van der Waals surface area contributed by atoms with E-state index in [1.165, 1.54) is 0 Å². The second-order valence-corrected chi connectivity index (χ2v) is 5.35. The number of aldehydes is 1. The van der Waals surface area contributed by atoms with Gasteiger partial charge in [0.2, 0.25) is 0 Å². The summed E-state index contributed by atoms with van der Waals surface area (Å²) in [6, 6.07) is 9.51. The molecule has 0 bridgehead atoms. The van der Waals surface area contributed by atoms with Crippen LogP contribution in [-0.4, -0.2) is 30.6 Å². The summed E-state index contributed by atoms with van der Waals surface area (Å²) in [5, 5.41) is 2.51. The van der Waals surface area contributed by atoms with Gasteiger partial charge in [0.15, 0.2) is 6.29 Å². The van der Waals surface area contributed by atoms with Crippen LogP contribution in [0, 0.1) is 0 Å². The lowest BCUT2D eigenvalue weighted by molar-refractivity contribution is -0.118. The zero-order valence-electron chi connectivity index (χ0n) is 12.1. The fourth-order valence-electron chi connectivity index (χ4n) is 1.42.